The zero-order valence-corrected chi connectivity index (χ0v) is 10.3. The third-order valence-corrected chi connectivity index (χ3v) is 2.72. The summed E-state index contributed by atoms with van der Waals surface area (Å²) in [5.41, 5.74) is 0. The van der Waals surface area contributed by atoms with E-state index in [1.165, 1.54) is 6.42 Å². The third kappa shape index (κ3) is 4.94. The van der Waals surface area contributed by atoms with Crippen LogP contribution >= 0.6 is 0 Å². The Morgan fingerprint density at radius 1 is 1.29 bits per heavy atom. The van der Waals surface area contributed by atoms with Gasteiger partial charge in [-0.1, -0.05) is 6.92 Å². The lowest BCUT2D eigenvalue weighted by Gasteiger charge is -2.33. The number of hydrogen-bond donors (Lipinski definition) is 1. The highest BCUT2D eigenvalue weighted by Crippen LogP contribution is 2.08. The molecule has 0 fully saturated rings. The second kappa shape index (κ2) is 8.21. The average molecular weight is 202 g/mol. The van der Waals surface area contributed by atoms with E-state index in [9.17, 15) is 0 Å². The van der Waals surface area contributed by atoms with Gasteiger partial charge in [0.2, 0.25) is 0 Å². The second-order valence-corrected chi connectivity index (χ2v) is 3.88. The van der Waals surface area contributed by atoms with Crippen LogP contribution in [0.4, 0.5) is 0 Å². The number of likely N-dealkylation sites (N-methyl/N-ethyl adjacent to an activating group) is 1. The normalized spacial score (nSPS) is 15.9. The predicted molar refractivity (Wildman–Crippen MR) is 61.7 cm³/mol. The minimum Gasteiger partial charge on any atom is -0.383 e. The molecule has 0 saturated carbocycles. The molecule has 0 aromatic rings. The summed E-state index contributed by atoms with van der Waals surface area (Å²) in [6.45, 7) is 9.71. The average Bonchev–Trinajstić information content (AvgIpc) is 2.16. The standard InChI is InChI=1S/C11H26N2O/c1-6-13(11(3)9-14-5)10(2)7-8-12-4/h10-12H,6-9H2,1-5H3. The molecule has 0 aliphatic carbocycles. The number of nitrogens with zero attached hydrogens (tertiary/aromatic N) is 1. The van der Waals surface area contributed by atoms with Gasteiger partial charge in [0, 0.05) is 19.2 Å². The summed E-state index contributed by atoms with van der Waals surface area (Å²) in [5, 5.41) is 3.19. The topological polar surface area (TPSA) is 24.5 Å². The van der Waals surface area contributed by atoms with E-state index < -0.39 is 0 Å². The van der Waals surface area contributed by atoms with Crippen molar-refractivity contribution in [2.75, 3.05) is 33.9 Å². The highest BCUT2D eigenvalue weighted by molar-refractivity contribution is 4.72. The molecule has 0 amide bonds. The number of hydrogen-bond acceptors (Lipinski definition) is 3. The van der Waals surface area contributed by atoms with Crippen LogP contribution in [0.3, 0.4) is 0 Å². The van der Waals surface area contributed by atoms with E-state index in [-0.39, 0.29) is 0 Å². The summed E-state index contributed by atoms with van der Waals surface area (Å²) in [5.74, 6) is 0. The van der Waals surface area contributed by atoms with E-state index in [2.05, 4.69) is 31.0 Å². The van der Waals surface area contributed by atoms with Gasteiger partial charge in [-0.15, -0.1) is 0 Å². The fourth-order valence-corrected chi connectivity index (χ4v) is 1.91. The first kappa shape index (κ1) is 13.9. The first-order valence-electron chi connectivity index (χ1n) is 5.56. The number of nitrogens with one attached hydrogen (secondary N) is 1. The monoisotopic (exact) mass is 202 g/mol. The summed E-state index contributed by atoms with van der Waals surface area (Å²) in [6.07, 6.45) is 1.19. The van der Waals surface area contributed by atoms with E-state index in [4.69, 9.17) is 4.74 Å². The Bertz CT molecular complexity index is 130. The zero-order valence-electron chi connectivity index (χ0n) is 10.3. The number of ether oxygens (including phenoxy) is 1. The Morgan fingerprint density at radius 3 is 2.36 bits per heavy atom. The molecule has 0 saturated heterocycles. The second-order valence-electron chi connectivity index (χ2n) is 3.88. The van der Waals surface area contributed by atoms with E-state index in [0.717, 1.165) is 19.7 Å². The molecule has 3 heteroatoms. The van der Waals surface area contributed by atoms with Gasteiger partial charge in [-0.2, -0.15) is 0 Å². The largest absolute Gasteiger partial charge is 0.383 e. The predicted octanol–water partition coefficient (Wildman–Crippen LogP) is 1.34. The van der Waals surface area contributed by atoms with Crippen molar-refractivity contribution < 1.29 is 4.74 Å². The van der Waals surface area contributed by atoms with Gasteiger partial charge in [0.15, 0.2) is 0 Å². The van der Waals surface area contributed by atoms with Gasteiger partial charge in [-0.05, 0) is 40.4 Å². The van der Waals surface area contributed by atoms with Crippen LogP contribution in [0.25, 0.3) is 0 Å². The van der Waals surface area contributed by atoms with Crippen molar-refractivity contribution in [2.45, 2.75) is 39.3 Å². The van der Waals surface area contributed by atoms with Crippen molar-refractivity contribution in [3.8, 4) is 0 Å². The quantitative estimate of drug-likeness (QED) is 0.643. The lowest BCUT2D eigenvalue weighted by Crippen LogP contribution is -2.43. The summed E-state index contributed by atoms with van der Waals surface area (Å²) >= 11 is 0. The highest BCUT2D eigenvalue weighted by Gasteiger charge is 2.17. The van der Waals surface area contributed by atoms with Gasteiger partial charge in [0.25, 0.3) is 0 Å². The molecule has 0 spiro atoms. The fourth-order valence-electron chi connectivity index (χ4n) is 1.91. The Balaban J connectivity index is 3.96. The minimum atomic E-state index is 0.511. The van der Waals surface area contributed by atoms with Crippen molar-refractivity contribution >= 4 is 0 Å². The third-order valence-electron chi connectivity index (χ3n) is 2.72. The first-order chi connectivity index (χ1) is 6.67. The first-order valence-corrected chi connectivity index (χ1v) is 5.56. The SMILES string of the molecule is CCN(C(C)CCNC)C(C)COC. The molecule has 0 aliphatic heterocycles. The van der Waals surface area contributed by atoms with Gasteiger partial charge < -0.3 is 10.1 Å². The zero-order chi connectivity index (χ0) is 11.0. The lowest BCUT2D eigenvalue weighted by molar-refractivity contribution is 0.0759. The van der Waals surface area contributed by atoms with Crippen LogP contribution in [0.5, 0.6) is 0 Å². The van der Waals surface area contributed by atoms with Crippen LogP contribution in [0.2, 0.25) is 0 Å². The Kier molecular flexibility index (Phi) is 8.14. The van der Waals surface area contributed by atoms with E-state index in [1.54, 1.807) is 7.11 Å². The molecule has 0 aromatic carbocycles. The summed E-state index contributed by atoms with van der Waals surface area (Å²) in [4.78, 5) is 2.49. The van der Waals surface area contributed by atoms with E-state index in [1.807, 2.05) is 7.05 Å². The van der Waals surface area contributed by atoms with Crippen LogP contribution in [-0.4, -0.2) is 50.8 Å². The van der Waals surface area contributed by atoms with Gasteiger partial charge >= 0.3 is 0 Å². The Morgan fingerprint density at radius 2 is 1.93 bits per heavy atom. The lowest BCUT2D eigenvalue weighted by atomic mass is 10.1. The van der Waals surface area contributed by atoms with Gasteiger partial charge in [0.05, 0.1) is 6.61 Å². The molecule has 1 N–H and O–H groups in total. The molecule has 2 unspecified atom stereocenters. The maximum atomic E-state index is 5.18. The summed E-state index contributed by atoms with van der Waals surface area (Å²) in [6, 6.07) is 1.13. The number of rotatable bonds is 8. The molecule has 3 nitrogen and oxygen atoms in total. The molecule has 0 rings (SSSR count). The molecule has 14 heavy (non-hydrogen) atoms. The fraction of sp³-hybridized carbons (Fsp3) is 1.00. The summed E-state index contributed by atoms with van der Waals surface area (Å²) < 4.78 is 5.18. The van der Waals surface area contributed by atoms with Gasteiger partial charge in [0.1, 0.15) is 0 Å². The molecule has 0 heterocycles. The van der Waals surface area contributed by atoms with Crippen LogP contribution in [-0.2, 0) is 4.74 Å². The molecule has 86 valence electrons. The van der Waals surface area contributed by atoms with Crippen LogP contribution in [0.15, 0.2) is 0 Å². The molecule has 0 aromatic heterocycles. The smallest absolute Gasteiger partial charge is 0.0615 e. The molecule has 0 radical (unpaired) electrons. The van der Waals surface area contributed by atoms with E-state index >= 15 is 0 Å². The minimum absolute atomic E-state index is 0.511. The molecule has 0 aliphatic rings. The van der Waals surface area contributed by atoms with Crippen molar-refractivity contribution in [3.63, 3.8) is 0 Å². The maximum Gasteiger partial charge on any atom is 0.0615 e. The highest BCUT2D eigenvalue weighted by atomic mass is 16.5. The van der Waals surface area contributed by atoms with Gasteiger partial charge in [-0.3, -0.25) is 4.90 Å². The van der Waals surface area contributed by atoms with Crippen molar-refractivity contribution in [1.29, 1.82) is 0 Å². The number of methoxy groups -OCH3 is 1. The molecular weight excluding hydrogens is 176 g/mol. The molecular formula is C11H26N2O. The Hall–Kier alpha value is -0.120. The van der Waals surface area contributed by atoms with Crippen molar-refractivity contribution in [3.05, 3.63) is 0 Å². The van der Waals surface area contributed by atoms with Crippen molar-refractivity contribution in [1.82, 2.24) is 10.2 Å². The van der Waals surface area contributed by atoms with Crippen LogP contribution in [0, 0.1) is 0 Å². The van der Waals surface area contributed by atoms with Crippen molar-refractivity contribution in [2.24, 2.45) is 0 Å². The van der Waals surface area contributed by atoms with Gasteiger partial charge in [-0.25, -0.2) is 0 Å². The molecule has 0 bridgehead atoms. The summed E-state index contributed by atoms with van der Waals surface area (Å²) in [7, 11) is 3.77. The Labute approximate surface area is 88.8 Å². The van der Waals surface area contributed by atoms with E-state index in [0.29, 0.717) is 12.1 Å². The van der Waals surface area contributed by atoms with Crippen LogP contribution < -0.4 is 5.32 Å². The molecule has 2 atom stereocenters. The van der Waals surface area contributed by atoms with Crippen LogP contribution in [0.1, 0.15) is 27.2 Å². The maximum absolute atomic E-state index is 5.18.